The van der Waals surface area contributed by atoms with Crippen molar-refractivity contribution in [3.63, 3.8) is 0 Å². The van der Waals surface area contributed by atoms with E-state index in [1.807, 2.05) is 6.92 Å². The van der Waals surface area contributed by atoms with Crippen molar-refractivity contribution in [3.05, 3.63) is 35.7 Å². The summed E-state index contributed by atoms with van der Waals surface area (Å²) in [6, 6.07) is 2.10. The number of halogens is 1. The van der Waals surface area contributed by atoms with Gasteiger partial charge in [-0.2, -0.15) is 9.97 Å². The summed E-state index contributed by atoms with van der Waals surface area (Å²) in [5.41, 5.74) is 9.19. The number of rotatable bonds is 3. The third-order valence-corrected chi connectivity index (χ3v) is 7.61. The summed E-state index contributed by atoms with van der Waals surface area (Å²) in [5.74, 6) is 2.51. The summed E-state index contributed by atoms with van der Waals surface area (Å²) in [5, 5.41) is 4.79. The van der Waals surface area contributed by atoms with Gasteiger partial charge in [0.1, 0.15) is 23.1 Å². The van der Waals surface area contributed by atoms with E-state index in [9.17, 15) is 0 Å². The van der Waals surface area contributed by atoms with Crippen LogP contribution in [0.5, 0.6) is 11.8 Å². The number of ether oxygens (including phenoxy) is 1. The maximum Gasteiger partial charge on any atom is 0.326 e. The SMILES string of the molecule is CNc1cc(F)c2c3c1[nH]c1nc(Oc4cnc(C)nc4)nc(c13)N1C[C@H]3[C@H](C[C@H]3N)[C@H]1C2. The molecule has 2 aliphatic heterocycles. The van der Waals surface area contributed by atoms with Crippen LogP contribution in [0.15, 0.2) is 18.5 Å². The Kier molecular flexibility index (Phi) is 3.74. The van der Waals surface area contributed by atoms with Crippen molar-refractivity contribution in [1.29, 1.82) is 0 Å². The lowest BCUT2D eigenvalue weighted by atomic mass is 9.68. The molecule has 4 N–H and O–H groups in total. The highest BCUT2D eigenvalue weighted by atomic mass is 19.1. The molecule has 4 aromatic rings. The Morgan fingerprint density at radius 1 is 1.21 bits per heavy atom. The first-order valence-electron chi connectivity index (χ1n) is 11.2. The first-order valence-corrected chi connectivity index (χ1v) is 11.2. The van der Waals surface area contributed by atoms with E-state index in [0.717, 1.165) is 35.1 Å². The molecular formula is C23H23FN8O. The van der Waals surface area contributed by atoms with Gasteiger partial charge in [-0.25, -0.2) is 14.4 Å². The zero-order chi connectivity index (χ0) is 22.4. The van der Waals surface area contributed by atoms with E-state index in [0.29, 0.717) is 46.7 Å². The molecule has 3 aromatic heterocycles. The molecule has 10 heteroatoms. The van der Waals surface area contributed by atoms with E-state index in [1.54, 1.807) is 25.5 Å². The lowest BCUT2D eigenvalue weighted by Crippen LogP contribution is -2.49. The van der Waals surface area contributed by atoms with Crippen LogP contribution in [0.3, 0.4) is 0 Å². The number of hydrogen-bond donors (Lipinski definition) is 3. The smallest absolute Gasteiger partial charge is 0.326 e. The van der Waals surface area contributed by atoms with E-state index in [4.69, 9.17) is 15.5 Å². The topological polar surface area (TPSA) is 118 Å². The summed E-state index contributed by atoms with van der Waals surface area (Å²) >= 11 is 0. The highest BCUT2D eigenvalue weighted by molar-refractivity contribution is 6.16. The van der Waals surface area contributed by atoms with E-state index < -0.39 is 0 Å². The normalized spacial score (nSPS) is 25.2. The molecule has 9 nitrogen and oxygen atoms in total. The predicted octanol–water partition coefficient (Wildman–Crippen LogP) is 2.89. The van der Waals surface area contributed by atoms with Crippen molar-refractivity contribution in [2.45, 2.75) is 31.8 Å². The number of aromatic nitrogens is 5. The third-order valence-electron chi connectivity index (χ3n) is 7.61. The van der Waals surface area contributed by atoms with Gasteiger partial charge in [-0.05, 0) is 37.7 Å². The van der Waals surface area contributed by atoms with Crippen LogP contribution in [0.25, 0.3) is 21.9 Å². The van der Waals surface area contributed by atoms with Gasteiger partial charge < -0.3 is 25.7 Å². The molecule has 1 aliphatic carbocycles. The molecule has 0 amide bonds. The average molecular weight is 446 g/mol. The summed E-state index contributed by atoms with van der Waals surface area (Å²) in [6.45, 7) is 2.61. The van der Waals surface area contributed by atoms with Gasteiger partial charge in [0.05, 0.1) is 29.0 Å². The standard InChI is InChI=1S/C23H23FN8O/c1-9-27-6-10(7-28-9)33-23-30-21-19-18-12(14(24)5-16(26-2)20(18)29-21)4-17-11-3-15(25)13(11)8-32(17)22(19)31-23/h5-7,11,13,15,17,26H,3-4,8,25H2,1-2H3,(H,29,30,31)/t11-,13-,15+,17+/m0/s1. The monoisotopic (exact) mass is 446 g/mol. The molecule has 5 heterocycles. The van der Waals surface area contributed by atoms with Crippen LogP contribution in [-0.2, 0) is 6.42 Å². The molecule has 1 saturated carbocycles. The van der Waals surface area contributed by atoms with E-state index >= 15 is 4.39 Å². The summed E-state index contributed by atoms with van der Waals surface area (Å²) in [7, 11) is 1.79. The fraction of sp³-hybridized carbons (Fsp3) is 0.391. The number of nitrogens with zero attached hydrogens (tertiary/aromatic N) is 5. The Hall–Kier alpha value is -3.53. The molecule has 0 unspecified atom stereocenters. The number of nitrogens with two attached hydrogens (primary N) is 1. The molecule has 1 saturated heterocycles. The van der Waals surface area contributed by atoms with Gasteiger partial charge in [-0.1, -0.05) is 0 Å². The highest BCUT2D eigenvalue weighted by Gasteiger charge is 2.53. The largest absolute Gasteiger partial charge is 0.421 e. The molecule has 7 rings (SSSR count). The van der Waals surface area contributed by atoms with Crippen LogP contribution in [0.2, 0.25) is 0 Å². The van der Waals surface area contributed by atoms with Crippen LogP contribution < -0.4 is 20.7 Å². The van der Waals surface area contributed by atoms with Crippen molar-refractivity contribution in [2.24, 2.45) is 17.6 Å². The minimum absolute atomic E-state index is 0.147. The molecule has 168 valence electrons. The van der Waals surface area contributed by atoms with Crippen molar-refractivity contribution in [2.75, 3.05) is 23.8 Å². The van der Waals surface area contributed by atoms with Gasteiger partial charge >= 0.3 is 6.01 Å². The Bertz CT molecular complexity index is 1430. The Morgan fingerprint density at radius 2 is 2.03 bits per heavy atom. The fourth-order valence-electron chi connectivity index (χ4n) is 5.96. The Balaban J connectivity index is 1.48. The molecule has 0 bridgehead atoms. The number of fused-ring (bicyclic) bond motifs is 4. The molecular weight excluding hydrogens is 423 g/mol. The number of H-pyrrole nitrogens is 1. The zero-order valence-corrected chi connectivity index (χ0v) is 18.3. The minimum Gasteiger partial charge on any atom is -0.421 e. The molecule has 0 radical (unpaired) electrons. The number of anilines is 2. The minimum atomic E-state index is -0.204. The second kappa shape index (κ2) is 6.50. The van der Waals surface area contributed by atoms with Gasteiger partial charge in [0.2, 0.25) is 0 Å². The molecule has 1 aromatic carbocycles. The lowest BCUT2D eigenvalue weighted by Gasteiger charge is -2.39. The van der Waals surface area contributed by atoms with Crippen LogP contribution >= 0.6 is 0 Å². The molecule has 2 fully saturated rings. The highest BCUT2D eigenvalue weighted by Crippen LogP contribution is 2.51. The second-order valence-electron chi connectivity index (χ2n) is 9.28. The van der Waals surface area contributed by atoms with Gasteiger partial charge in [0.15, 0.2) is 5.75 Å². The van der Waals surface area contributed by atoms with Crippen LogP contribution in [0.1, 0.15) is 17.8 Å². The van der Waals surface area contributed by atoms with Crippen molar-refractivity contribution < 1.29 is 9.13 Å². The number of hydrogen-bond acceptors (Lipinski definition) is 8. The molecule has 4 atom stereocenters. The Labute approximate surface area is 188 Å². The van der Waals surface area contributed by atoms with Crippen LogP contribution in [-0.4, -0.2) is 50.6 Å². The summed E-state index contributed by atoms with van der Waals surface area (Å²) < 4.78 is 21.3. The number of benzene rings is 1. The quantitative estimate of drug-likeness (QED) is 0.440. The molecule has 0 spiro atoms. The number of aromatic amines is 1. The zero-order valence-electron chi connectivity index (χ0n) is 18.3. The second-order valence-corrected chi connectivity index (χ2v) is 9.28. The van der Waals surface area contributed by atoms with Crippen molar-refractivity contribution in [3.8, 4) is 11.8 Å². The van der Waals surface area contributed by atoms with Crippen molar-refractivity contribution in [1.82, 2.24) is 24.9 Å². The summed E-state index contributed by atoms with van der Waals surface area (Å²) in [4.78, 5) is 23.6. The summed E-state index contributed by atoms with van der Waals surface area (Å²) in [6.07, 6.45) is 4.78. The van der Waals surface area contributed by atoms with Gasteiger partial charge in [-0.3, -0.25) is 0 Å². The number of nitrogens with one attached hydrogen (secondary N) is 2. The number of aryl methyl sites for hydroxylation is 1. The van der Waals surface area contributed by atoms with Crippen LogP contribution in [0, 0.1) is 24.6 Å². The average Bonchev–Trinajstić information content (AvgIpc) is 3.27. The van der Waals surface area contributed by atoms with Gasteiger partial charge in [-0.15, -0.1) is 0 Å². The first-order chi connectivity index (χ1) is 16.0. The first kappa shape index (κ1) is 19.0. The lowest BCUT2D eigenvalue weighted by molar-refractivity contribution is 0.166. The van der Waals surface area contributed by atoms with E-state index in [-0.39, 0.29) is 23.9 Å². The van der Waals surface area contributed by atoms with E-state index in [2.05, 4.69) is 30.2 Å². The maximum atomic E-state index is 15.4. The van der Waals surface area contributed by atoms with Gasteiger partial charge in [0, 0.05) is 36.6 Å². The van der Waals surface area contributed by atoms with E-state index in [1.165, 1.54) is 0 Å². The predicted molar refractivity (Wildman–Crippen MR) is 122 cm³/mol. The Morgan fingerprint density at radius 3 is 2.79 bits per heavy atom. The van der Waals surface area contributed by atoms with Gasteiger partial charge in [0.25, 0.3) is 0 Å². The maximum absolute atomic E-state index is 15.4. The molecule has 3 aliphatic rings. The third kappa shape index (κ3) is 2.55. The van der Waals surface area contributed by atoms with Crippen molar-refractivity contribution >= 4 is 33.4 Å². The van der Waals surface area contributed by atoms with Crippen LogP contribution in [0.4, 0.5) is 15.9 Å². The molecule has 33 heavy (non-hydrogen) atoms. The fourth-order valence-corrected chi connectivity index (χ4v) is 5.96.